The summed E-state index contributed by atoms with van der Waals surface area (Å²) in [6.07, 6.45) is 3.97. The highest BCUT2D eigenvalue weighted by molar-refractivity contribution is 7.99. The molecule has 22 heavy (non-hydrogen) atoms. The van der Waals surface area contributed by atoms with Gasteiger partial charge in [-0.25, -0.2) is 4.98 Å². The first-order chi connectivity index (χ1) is 10.6. The number of thioether (sulfide) groups is 1. The van der Waals surface area contributed by atoms with Gasteiger partial charge in [-0.15, -0.1) is 0 Å². The number of nitrogens with one attached hydrogen (secondary N) is 2. The molecule has 1 aromatic heterocycles. The molecule has 3 rings (SSSR count). The molecule has 3 N–H and O–H groups in total. The highest BCUT2D eigenvalue weighted by Gasteiger charge is 2.33. The van der Waals surface area contributed by atoms with E-state index in [0.29, 0.717) is 11.6 Å². The molecule has 1 amide bonds. The third-order valence-electron chi connectivity index (χ3n) is 4.28. The van der Waals surface area contributed by atoms with Gasteiger partial charge in [-0.3, -0.25) is 4.79 Å². The standard InChI is InChI=1S/C16H23N3O2S/c1-11-8-12(9-14(17-11)18-13-2-3-13)15(21)19-16(10-20)4-6-22-7-5-16/h8-9,13,20H,2-7,10H2,1H3,(H,17,18)(H,19,21). The van der Waals surface area contributed by atoms with Gasteiger partial charge in [0.25, 0.3) is 5.91 Å². The fraction of sp³-hybridized carbons (Fsp3) is 0.625. The highest BCUT2D eigenvalue weighted by Crippen LogP contribution is 2.28. The number of hydrogen-bond donors (Lipinski definition) is 3. The molecular formula is C16H23N3O2S. The van der Waals surface area contributed by atoms with Crippen molar-refractivity contribution < 1.29 is 9.90 Å². The SMILES string of the molecule is Cc1cc(C(=O)NC2(CO)CCSCC2)cc(NC2CC2)n1. The normalized spacial score (nSPS) is 20.5. The molecule has 0 spiro atoms. The van der Waals surface area contributed by atoms with Crippen LogP contribution in [0, 0.1) is 6.92 Å². The lowest BCUT2D eigenvalue weighted by atomic mass is 9.92. The molecule has 0 atom stereocenters. The minimum atomic E-state index is -0.469. The Kier molecular flexibility index (Phi) is 4.59. The van der Waals surface area contributed by atoms with E-state index in [1.807, 2.05) is 24.8 Å². The Morgan fingerprint density at radius 1 is 1.41 bits per heavy atom. The molecule has 120 valence electrons. The van der Waals surface area contributed by atoms with Crippen molar-refractivity contribution in [2.45, 2.75) is 44.2 Å². The number of aryl methyl sites for hydroxylation is 1. The monoisotopic (exact) mass is 321 g/mol. The lowest BCUT2D eigenvalue weighted by Gasteiger charge is -2.36. The van der Waals surface area contributed by atoms with Gasteiger partial charge in [0.2, 0.25) is 0 Å². The third kappa shape index (κ3) is 3.73. The van der Waals surface area contributed by atoms with Crippen molar-refractivity contribution in [1.82, 2.24) is 10.3 Å². The maximum atomic E-state index is 12.6. The van der Waals surface area contributed by atoms with Crippen LogP contribution in [0.4, 0.5) is 5.82 Å². The molecule has 1 aromatic rings. The minimum Gasteiger partial charge on any atom is -0.394 e. The average molecular weight is 321 g/mol. The lowest BCUT2D eigenvalue weighted by Crippen LogP contribution is -2.53. The van der Waals surface area contributed by atoms with Gasteiger partial charge in [0.1, 0.15) is 5.82 Å². The zero-order valence-electron chi connectivity index (χ0n) is 12.9. The van der Waals surface area contributed by atoms with Gasteiger partial charge < -0.3 is 15.7 Å². The Balaban J connectivity index is 1.74. The van der Waals surface area contributed by atoms with Crippen LogP contribution in [0.15, 0.2) is 12.1 Å². The van der Waals surface area contributed by atoms with Crippen LogP contribution in [0.25, 0.3) is 0 Å². The van der Waals surface area contributed by atoms with Crippen molar-refractivity contribution in [2.75, 3.05) is 23.4 Å². The summed E-state index contributed by atoms with van der Waals surface area (Å²) in [6, 6.07) is 4.11. The van der Waals surface area contributed by atoms with Crippen molar-refractivity contribution in [2.24, 2.45) is 0 Å². The van der Waals surface area contributed by atoms with Gasteiger partial charge >= 0.3 is 0 Å². The summed E-state index contributed by atoms with van der Waals surface area (Å²) in [6.45, 7) is 1.89. The smallest absolute Gasteiger partial charge is 0.251 e. The molecule has 1 saturated carbocycles. The van der Waals surface area contributed by atoms with Crippen LogP contribution < -0.4 is 10.6 Å². The molecule has 6 heteroatoms. The number of anilines is 1. The predicted molar refractivity (Wildman–Crippen MR) is 89.5 cm³/mol. The van der Waals surface area contributed by atoms with Gasteiger partial charge in [0, 0.05) is 17.3 Å². The molecule has 2 fully saturated rings. The van der Waals surface area contributed by atoms with E-state index in [1.54, 1.807) is 6.07 Å². The number of carbonyl (C=O) groups excluding carboxylic acids is 1. The molecular weight excluding hydrogens is 298 g/mol. The second-order valence-electron chi connectivity index (χ2n) is 6.31. The van der Waals surface area contributed by atoms with Gasteiger partial charge in [-0.2, -0.15) is 11.8 Å². The zero-order valence-corrected chi connectivity index (χ0v) is 13.7. The van der Waals surface area contributed by atoms with Crippen LogP contribution in [0.2, 0.25) is 0 Å². The number of rotatable bonds is 5. The van der Waals surface area contributed by atoms with Crippen LogP contribution in [-0.4, -0.2) is 45.7 Å². The first-order valence-corrected chi connectivity index (χ1v) is 9.02. The molecule has 1 aliphatic carbocycles. The van der Waals surface area contributed by atoms with Crippen molar-refractivity contribution in [3.8, 4) is 0 Å². The quantitative estimate of drug-likeness (QED) is 0.773. The van der Waals surface area contributed by atoms with E-state index in [-0.39, 0.29) is 12.5 Å². The van der Waals surface area contributed by atoms with Crippen LogP contribution in [-0.2, 0) is 0 Å². The third-order valence-corrected chi connectivity index (χ3v) is 5.26. The largest absolute Gasteiger partial charge is 0.394 e. The summed E-state index contributed by atoms with van der Waals surface area (Å²) in [5, 5.41) is 16.1. The molecule has 5 nitrogen and oxygen atoms in total. The van der Waals surface area contributed by atoms with Gasteiger partial charge in [-0.05, 0) is 56.2 Å². The van der Waals surface area contributed by atoms with Crippen LogP contribution >= 0.6 is 11.8 Å². The fourth-order valence-electron chi connectivity index (χ4n) is 2.71. The Morgan fingerprint density at radius 2 is 2.14 bits per heavy atom. The van der Waals surface area contributed by atoms with E-state index in [9.17, 15) is 9.90 Å². The van der Waals surface area contributed by atoms with E-state index in [2.05, 4.69) is 15.6 Å². The van der Waals surface area contributed by atoms with Crippen molar-refractivity contribution >= 4 is 23.5 Å². The molecule has 0 aromatic carbocycles. The lowest BCUT2D eigenvalue weighted by molar-refractivity contribution is 0.0817. The minimum absolute atomic E-state index is 0.00343. The Morgan fingerprint density at radius 3 is 2.77 bits per heavy atom. The van der Waals surface area contributed by atoms with Gasteiger partial charge in [0.15, 0.2) is 0 Å². The maximum absolute atomic E-state index is 12.6. The number of aromatic nitrogens is 1. The molecule has 0 bridgehead atoms. The first kappa shape index (κ1) is 15.6. The van der Waals surface area contributed by atoms with Crippen molar-refractivity contribution in [1.29, 1.82) is 0 Å². The number of carbonyl (C=O) groups is 1. The van der Waals surface area contributed by atoms with Crippen molar-refractivity contribution in [3.63, 3.8) is 0 Å². The van der Waals surface area contributed by atoms with Gasteiger partial charge in [0.05, 0.1) is 12.1 Å². The summed E-state index contributed by atoms with van der Waals surface area (Å²) >= 11 is 1.87. The Bertz CT molecular complexity index is 554. The summed E-state index contributed by atoms with van der Waals surface area (Å²) in [7, 11) is 0. The van der Waals surface area contributed by atoms with E-state index < -0.39 is 5.54 Å². The van der Waals surface area contributed by atoms with E-state index in [0.717, 1.165) is 35.9 Å². The molecule has 1 aliphatic heterocycles. The first-order valence-electron chi connectivity index (χ1n) is 7.87. The van der Waals surface area contributed by atoms with E-state index >= 15 is 0 Å². The number of hydrogen-bond acceptors (Lipinski definition) is 5. The van der Waals surface area contributed by atoms with Gasteiger partial charge in [-0.1, -0.05) is 0 Å². The number of nitrogens with zero attached hydrogens (tertiary/aromatic N) is 1. The molecule has 1 saturated heterocycles. The van der Waals surface area contributed by atoms with E-state index in [4.69, 9.17) is 0 Å². The highest BCUT2D eigenvalue weighted by atomic mass is 32.2. The molecule has 0 unspecified atom stereocenters. The summed E-state index contributed by atoms with van der Waals surface area (Å²) in [5.74, 6) is 2.60. The molecule has 2 heterocycles. The number of amides is 1. The van der Waals surface area contributed by atoms with Crippen molar-refractivity contribution in [3.05, 3.63) is 23.4 Å². The average Bonchev–Trinajstić information content (AvgIpc) is 3.31. The van der Waals surface area contributed by atoms with Crippen LogP contribution in [0.3, 0.4) is 0 Å². The second-order valence-corrected chi connectivity index (χ2v) is 7.53. The predicted octanol–water partition coefficient (Wildman–Crippen LogP) is 1.95. The number of aliphatic hydroxyl groups excluding tert-OH is 1. The Hall–Kier alpha value is -1.27. The summed E-state index contributed by atoms with van der Waals surface area (Å²) < 4.78 is 0. The van der Waals surface area contributed by atoms with Crippen LogP contribution in [0.5, 0.6) is 0 Å². The maximum Gasteiger partial charge on any atom is 0.251 e. The summed E-state index contributed by atoms with van der Waals surface area (Å²) in [4.78, 5) is 17.0. The number of aliphatic hydroxyl groups is 1. The van der Waals surface area contributed by atoms with E-state index in [1.165, 1.54) is 12.8 Å². The fourth-order valence-corrected chi connectivity index (χ4v) is 3.98. The topological polar surface area (TPSA) is 74.2 Å². The summed E-state index contributed by atoms with van der Waals surface area (Å²) in [5.41, 5.74) is 0.971. The molecule has 2 aliphatic rings. The van der Waals surface area contributed by atoms with Crippen LogP contribution in [0.1, 0.15) is 41.7 Å². The Labute approximate surface area is 135 Å². The second kappa shape index (κ2) is 6.46. The zero-order chi connectivity index (χ0) is 15.6. The number of pyridine rings is 1. The molecule has 0 radical (unpaired) electrons.